The second kappa shape index (κ2) is 7.42. The summed E-state index contributed by atoms with van der Waals surface area (Å²) in [4.78, 5) is 25.3. The molecule has 0 unspecified atom stereocenters. The number of aryl methyl sites for hydroxylation is 1. The number of carbonyl (C=O) groups is 2. The molecule has 0 aliphatic rings. The summed E-state index contributed by atoms with van der Waals surface area (Å²) in [5.41, 5.74) is 1.12. The number of amides is 2. The molecule has 23 heavy (non-hydrogen) atoms. The van der Waals surface area contributed by atoms with E-state index in [1.165, 1.54) is 0 Å². The predicted molar refractivity (Wildman–Crippen MR) is 93.9 cm³/mol. The van der Waals surface area contributed by atoms with Gasteiger partial charge in [0.15, 0.2) is 0 Å². The van der Waals surface area contributed by atoms with E-state index in [0.29, 0.717) is 18.7 Å². The molecule has 1 heterocycles. The highest BCUT2D eigenvalue weighted by atomic mass is 32.1. The molecule has 0 saturated carbocycles. The Kier molecular flexibility index (Phi) is 5.55. The summed E-state index contributed by atoms with van der Waals surface area (Å²) in [7, 11) is 0. The van der Waals surface area contributed by atoms with E-state index < -0.39 is 5.41 Å². The molecule has 1 aromatic carbocycles. The van der Waals surface area contributed by atoms with Gasteiger partial charge in [-0.05, 0) is 44.4 Å². The molecule has 122 valence electrons. The summed E-state index contributed by atoms with van der Waals surface area (Å²) < 4.78 is 0. The van der Waals surface area contributed by atoms with E-state index in [-0.39, 0.29) is 11.8 Å². The van der Waals surface area contributed by atoms with E-state index in [2.05, 4.69) is 10.6 Å². The number of rotatable bonds is 6. The Labute approximate surface area is 140 Å². The summed E-state index contributed by atoms with van der Waals surface area (Å²) >= 11 is 1.57. The fourth-order valence-corrected chi connectivity index (χ4v) is 3.06. The van der Waals surface area contributed by atoms with Crippen LogP contribution in [0.3, 0.4) is 0 Å². The summed E-state index contributed by atoms with van der Waals surface area (Å²) in [5.74, 6) is -0.162. The van der Waals surface area contributed by atoms with Crippen LogP contribution in [-0.2, 0) is 10.2 Å². The molecule has 4 nitrogen and oxygen atoms in total. The van der Waals surface area contributed by atoms with E-state index in [4.69, 9.17) is 0 Å². The third-order valence-corrected chi connectivity index (χ3v) is 4.87. The molecule has 5 heteroatoms. The van der Waals surface area contributed by atoms with Crippen molar-refractivity contribution in [1.29, 1.82) is 0 Å². The Morgan fingerprint density at radius 1 is 1.09 bits per heavy atom. The standard InChI is InChI=1S/C18H22N2O2S/c1-13-6-4-7-14(12-13)16(21)19-9-10-20-17(22)18(2,3)15-8-5-11-23-15/h4-8,11-12H,9-10H2,1-3H3,(H,19,21)(H,20,22). The number of hydrogen-bond donors (Lipinski definition) is 2. The van der Waals surface area contributed by atoms with E-state index >= 15 is 0 Å². The Hall–Kier alpha value is -2.14. The Bertz CT molecular complexity index is 678. The van der Waals surface area contributed by atoms with Crippen molar-refractivity contribution in [3.05, 3.63) is 57.8 Å². The molecule has 2 amide bonds. The van der Waals surface area contributed by atoms with E-state index in [9.17, 15) is 9.59 Å². The molecule has 1 aromatic heterocycles. The fraction of sp³-hybridized carbons (Fsp3) is 0.333. The molecular formula is C18H22N2O2S. The smallest absolute Gasteiger partial charge is 0.251 e. The summed E-state index contributed by atoms with van der Waals surface area (Å²) in [6.07, 6.45) is 0. The highest BCUT2D eigenvalue weighted by Gasteiger charge is 2.30. The second-order valence-corrected chi connectivity index (χ2v) is 6.93. The zero-order chi connectivity index (χ0) is 16.9. The molecule has 2 N–H and O–H groups in total. The van der Waals surface area contributed by atoms with Gasteiger partial charge in [-0.15, -0.1) is 11.3 Å². The third-order valence-electron chi connectivity index (χ3n) is 3.68. The maximum atomic E-state index is 12.3. The van der Waals surface area contributed by atoms with Gasteiger partial charge < -0.3 is 10.6 Å². The molecule has 2 aromatic rings. The lowest BCUT2D eigenvalue weighted by Gasteiger charge is -2.22. The van der Waals surface area contributed by atoms with Crippen molar-refractivity contribution >= 4 is 23.2 Å². The van der Waals surface area contributed by atoms with Crippen LogP contribution < -0.4 is 10.6 Å². The number of nitrogens with one attached hydrogen (secondary N) is 2. The van der Waals surface area contributed by atoms with Crippen LogP contribution in [0.15, 0.2) is 41.8 Å². The lowest BCUT2D eigenvalue weighted by Crippen LogP contribution is -2.43. The lowest BCUT2D eigenvalue weighted by molar-refractivity contribution is -0.125. The fourth-order valence-electron chi connectivity index (χ4n) is 2.21. The van der Waals surface area contributed by atoms with Gasteiger partial charge >= 0.3 is 0 Å². The zero-order valence-electron chi connectivity index (χ0n) is 13.7. The van der Waals surface area contributed by atoms with Crippen molar-refractivity contribution < 1.29 is 9.59 Å². The van der Waals surface area contributed by atoms with Crippen molar-refractivity contribution in [3.63, 3.8) is 0 Å². The van der Waals surface area contributed by atoms with Gasteiger partial charge in [0.25, 0.3) is 5.91 Å². The van der Waals surface area contributed by atoms with Crippen molar-refractivity contribution in [2.75, 3.05) is 13.1 Å². The maximum Gasteiger partial charge on any atom is 0.251 e. The van der Waals surface area contributed by atoms with Gasteiger partial charge in [0.2, 0.25) is 5.91 Å². The van der Waals surface area contributed by atoms with Gasteiger partial charge in [0.05, 0.1) is 5.41 Å². The Morgan fingerprint density at radius 2 is 1.83 bits per heavy atom. The van der Waals surface area contributed by atoms with Crippen LogP contribution in [0.5, 0.6) is 0 Å². The molecule has 0 bridgehead atoms. The minimum absolute atomic E-state index is 0.0373. The maximum absolute atomic E-state index is 12.3. The number of benzene rings is 1. The van der Waals surface area contributed by atoms with Crippen LogP contribution in [0.1, 0.15) is 34.6 Å². The summed E-state index contributed by atoms with van der Waals surface area (Å²) in [6, 6.07) is 11.3. The van der Waals surface area contributed by atoms with Gasteiger partial charge in [-0.25, -0.2) is 0 Å². The van der Waals surface area contributed by atoms with Crippen LogP contribution in [0, 0.1) is 6.92 Å². The molecular weight excluding hydrogens is 308 g/mol. The molecule has 0 aliphatic carbocycles. The SMILES string of the molecule is Cc1cccc(C(=O)NCCNC(=O)C(C)(C)c2cccs2)c1. The molecule has 0 radical (unpaired) electrons. The number of thiophene rings is 1. The van der Waals surface area contributed by atoms with Crippen molar-refractivity contribution in [2.45, 2.75) is 26.2 Å². The first-order valence-electron chi connectivity index (χ1n) is 7.58. The molecule has 0 spiro atoms. The van der Waals surface area contributed by atoms with E-state index in [1.54, 1.807) is 17.4 Å². The highest BCUT2D eigenvalue weighted by Crippen LogP contribution is 2.27. The van der Waals surface area contributed by atoms with Crippen LogP contribution in [0.25, 0.3) is 0 Å². The molecule has 0 saturated heterocycles. The molecule has 0 fully saturated rings. The van der Waals surface area contributed by atoms with E-state index in [1.807, 2.05) is 56.5 Å². The summed E-state index contributed by atoms with van der Waals surface area (Å²) in [6.45, 7) is 6.56. The topological polar surface area (TPSA) is 58.2 Å². The van der Waals surface area contributed by atoms with Gasteiger partial charge in [0.1, 0.15) is 0 Å². The van der Waals surface area contributed by atoms with Crippen LogP contribution in [0.4, 0.5) is 0 Å². The van der Waals surface area contributed by atoms with Gasteiger partial charge in [-0.3, -0.25) is 9.59 Å². The third kappa shape index (κ3) is 4.42. The normalized spacial score (nSPS) is 11.1. The average molecular weight is 330 g/mol. The van der Waals surface area contributed by atoms with Crippen molar-refractivity contribution in [3.8, 4) is 0 Å². The molecule has 0 aliphatic heterocycles. The van der Waals surface area contributed by atoms with Gasteiger partial charge in [0, 0.05) is 23.5 Å². The largest absolute Gasteiger partial charge is 0.354 e. The number of carbonyl (C=O) groups excluding carboxylic acids is 2. The van der Waals surface area contributed by atoms with Gasteiger partial charge in [-0.2, -0.15) is 0 Å². The van der Waals surface area contributed by atoms with Crippen molar-refractivity contribution in [2.24, 2.45) is 0 Å². The van der Waals surface area contributed by atoms with Crippen molar-refractivity contribution in [1.82, 2.24) is 10.6 Å². The lowest BCUT2D eigenvalue weighted by atomic mass is 9.90. The predicted octanol–water partition coefficient (Wildman–Crippen LogP) is 2.88. The van der Waals surface area contributed by atoms with Crippen LogP contribution in [-0.4, -0.2) is 24.9 Å². The average Bonchev–Trinajstić information content (AvgIpc) is 3.06. The zero-order valence-corrected chi connectivity index (χ0v) is 14.5. The second-order valence-electron chi connectivity index (χ2n) is 5.98. The molecule has 2 rings (SSSR count). The summed E-state index contributed by atoms with van der Waals surface area (Å²) in [5, 5.41) is 7.66. The number of hydrogen-bond acceptors (Lipinski definition) is 3. The minimum Gasteiger partial charge on any atom is -0.354 e. The Balaban J connectivity index is 1.79. The van der Waals surface area contributed by atoms with E-state index in [0.717, 1.165) is 10.4 Å². The van der Waals surface area contributed by atoms with Crippen LogP contribution in [0.2, 0.25) is 0 Å². The van der Waals surface area contributed by atoms with Gasteiger partial charge in [-0.1, -0.05) is 23.8 Å². The monoisotopic (exact) mass is 330 g/mol. The quantitative estimate of drug-likeness (QED) is 0.800. The molecule has 0 atom stereocenters. The Morgan fingerprint density at radius 3 is 2.48 bits per heavy atom. The minimum atomic E-state index is -0.561. The first-order valence-corrected chi connectivity index (χ1v) is 8.46. The first kappa shape index (κ1) is 17.2. The van der Waals surface area contributed by atoms with Crippen LogP contribution >= 0.6 is 11.3 Å². The highest BCUT2D eigenvalue weighted by molar-refractivity contribution is 7.10. The first-order chi connectivity index (χ1) is 10.9.